The zero-order valence-corrected chi connectivity index (χ0v) is 12.4. The number of ether oxygens (including phenoxy) is 1. The Labute approximate surface area is 119 Å². The number of thiophene rings is 1. The fourth-order valence-corrected chi connectivity index (χ4v) is 3.30. The molecule has 1 unspecified atom stereocenters. The number of rotatable bonds is 5. The molecule has 1 aromatic carbocycles. The smallest absolute Gasteiger partial charge is 0.119 e. The third-order valence-corrected chi connectivity index (χ3v) is 4.30. The molecule has 96 valence electrons. The predicted molar refractivity (Wildman–Crippen MR) is 78.8 cm³/mol. The molecule has 0 amide bonds. The van der Waals surface area contributed by atoms with Crippen LogP contribution in [0.2, 0.25) is 0 Å². The van der Waals surface area contributed by atoms with Gasteiger partial charge < -0.3 is 4.74 Å². The van der Waals surface area contributed by atoms with Gasteiger partial charge in [-0.15, -0.1) is 11.3 Å². The minimum absolute atomic E-state index is 0.0123. The molecule has 18 heavy (non-hydrogen) atoms. The van der Waals surface area contributed by atoms with Gasteiger partial charge in [-0.3, -0.25) is 5.84 Å². The highest BCUT2D eigenvalue weighted by Gasteiger charge is 2.15. The van der Waals surface area contributed by atoms with Gasteiger partial charge in [-0.25, -0.2) is 5.43 Å². The molecule has 0 aliphatic carbocycles. The maximum atomic E-state index is 5.67. The second-order valence-corrected chi connectivity index (χ2v) is 5.63. The van der Waals surface area contributed by atoms with Gasteiger partial charge in [-0.2, -0.15) is 0 Å². The van der Waals surface area contributed by atoms with Crippen LogP contribution >= 0.6 is 27.3 Å². The maximum Gasteiger partial charge on any atom is 0.119 e. The number of nitrogens with one attached hydrogen (secondary N) is 1. The summed E-state index contributed by atoms with van der Waals surface area (Å²) in [6.45, 7) is 2.64. The van der Waals surface area contributed by atoms with Gasteiger partial charge in [0.05, 0.1) is 12.6 Å². The first-order chi connectivity index (χ1) is 8.74. The van der Waals surface area contributed by atoms with E-state index >= 15 is 0 Å². The fourth-order valence-electron chi connectivity index (χ4n) is 1.77. The quantitative estimate of drug-likeness (QED) is 0.653. The van der Waals surface area contributed by atoms with Crippen molar-refractivity contribution in [2.45, 2.75) is 13.0 Å². The molecule has 1 heterocycles. The van der Waals surface area contributed by atoms with Crippen molar-refractivity contribution in [3.05, 3.63) is 50.6 Å². The summed E-state index contributed by atoms with van der Waals surface area (Å²) in [5.41, 5.74) is 3.95. The van der Waals surface area contributed by atoms with E-state index in [9.17, 15) is 0 Å². The van der Waals surface area contributed by atoms with Gasteiger partial charge in [-0.05, 0) is 46.6 Å². The molecule has 0 fully saturated rings. The van der Waals surface area contributed by atoms with Crippen LogP contribution < -0.4 is 16.0 Å². The van der Waals surface area contributed by atoms with E-state index < -0.39 is 0 Å². The van der Waals surface area contributed by atoms with Crippen molar-refractivity contribution < 1.29 is 4.74 Å². The lowest BCUT2D eigenvalue weighted by molar-refractivity contribution is 0.339. The van der Waals surface area contributed by atoms with Crippen molar-refractivity contribution in [3.8, 4) is 5.75 Å². The summed E-state index contributed by atoms with van der Waals surface area (Å²) >= 11 is 5.12. The summed E-state index contributed by atoms with van der Waals surface area (Å²) in [5, 5.41) is 2.05. The third-order valence-electron chi connectivity index (χ3n) is 2.54. The minimum atomic E-state index is -0.0123. The van der Waals surface area contributed by atoms with Crippen molar-refractivity contribution in [3.63, 3.8) is 0 Å². The van der Waals surface area contributed by atoms with Gasteiger partial charge in [0.1, 0.15) is 5.75 Å². The Morgan fingerprint density at radius 3 is 2.89 bits per heavy atom. The second-order valence-electron chi connectivity index (χ2n) is 3.77. The zero-order valence-electron chi connectivity index (χ0n) is 10.0. The molecule has 0 spiro atoms. The van der Waals surface area contributed by atoms with E-state index in [0.717, 1.165) is 20.7 Å². The first kappa shape index (κ1) is 13.5. The average molecular weight is 327 g/mol. The standard InChI is InChI=1S/C13H15BrN2OS/c1-2-17-11-5-3-4-9(6-11)13(16-15)12-7-10(14)8-18-12/h3-8,13,16H,2,15H2,1H3. The van der Waals surface area contributed by atoms with Crippen LogP contribution in [-0.2, 0) is 0 Å². The fraction of sp³-hybridized carbons (Fsp3) is 0.231. The van der Waals surface area contributed by atoms with Gasteiger partial charge in [-0.1, -0.05) is 12.1 Å². The van der Waals surface area contributed by atoms with E-state index in [0.29, 0.717) is 6.61 Å². The third kappa shape index (κ3) is 3.11. The Morgan fingerprint density at radius 2 is 2.28 bits per heavy atom. The molecule has 1 aromatic heterocycles. The van der Waals surface area contributed by atoms with Crippen LogP contribution in [0.3, 0.4) is 0 Å². The van der Waals surface area contributed by atoms with Gasteiger partial charge >= 0.3 is 0 Å². The molecule has 2 rings (SSSR count). The summed E-state index contributed by atoms with van der Waals surface area (Å²) in [6.07, 6.45) is 0. The van der Waals surface area contributed by atoms with E-state index in [1.807, 2.05) is 36.6 Å². The number of hydrogen-bond donors (Lipinski definition) is 2. The van der Waals surface area contributed by atoms with E-state index in [1.165, 1.54) is 0 Å². The van der Waals surface area contributed by atoms with E-state index in [-0.39, 0.29) is 6.04 Å². The summed E-state index contributed by atoms with van der Waals surface area (Å²) in [7, 11) is 0. The molecule has 0 saturated carbocycles. The first-order valence-electron chi connectivity index (χ1n) is 5.67. The van der Waals surface area contributed by atoms with Crippen molar-refractivity contribution >= 4 is 27.3 Å². The molecular weight excluding hydrogens is 312 g/mol. The van der Waals surface area contributed by atoms with Crippen LogP contribution in [0.25, 0.3) is 0 Å². The van der Waals surface area contributed by atoms with Gasteiger partial charge in [0, 0.05) is 14.7 Å². The molecule has 0 radical (unpaired) electrons. The SMILES string of the molecule is CCOc1cccc(C(NN)c2cc(Br)cs2)c1. The number of benzene rings is 1. The van der Waals surface area contributed by atoms with Gasteiger partial charge in [0.25, 0.3) is 0 Å². The summed E-state index contributed by atoms with van der Waals surface area (Å²) < 4.78 is 6.58. The molecule has 3 N–H and O–H groups in total. The van der Waals surface area contributed by atoms with Crippen LogP contribution in [0.1, 0.15) is 23.4 Å². The van der Waals surface area contributed by atoms with E-state index in [1.54, 1.807) is 11.3 Å². The molecule has 0 aliphatic heterocycles. The highest BCUT2D eigenvalue weighted by Crippen LogP contribution is 2.30. The van der Waals surface area contributed by atoms with E-state index in [4.69, 9.17) is 10.6 Å². The summed E-state index contributed by atoms with van der Waals surface area (Å²) in [4.78, 5) is 1.16. The molecule has 0 saturated heterocycles. The van der Waals surface area contributed by atoms with Crippen molar-refractivity contribution in [2.24, 2.45) is 5.84 Å². The molecule has 1 atom stereocenters. The second kappa shape index (κ2) is 6.33. The first-order valence-corrected chi connectivity index (χ1v) is 7.34. The van der Waals surface area contributed by atoms with Crippen LogP contribution in [0, 0.1) is 0 Å². The van der Waals surface area contributed by atoms with Gasteiger partial charge in [0.15, 0.2) is 0 Å². The zero-order chi connectivity index (χ0) is 13.0. The molecule has 3 nitrogen and oxygen atoms in total. The lowest BCUT2D eigenvalue weighted by atomic mass is 10.1. The normalized spacial score (nSPS) is 12.4. The largest absolute Gasteiger partial charge is 0.494 e. The lowest BCUT2D eigenvalue weighted by Crippen LogP contribution is -2.28. The van der Waals surface area contributed by atoms with Gasteiger partial charge in [0.2, 0.25) is 0 Å². The molecule has 5 heteroatoms. The number of nitrogens with two attached hydrogens (primary N) is 1. The van der Waals surface area contributed by atoms with Crippen LogP contribution in [0.4, 0.5) is 0 Å². The average Bonchev–Trinajstić information content (AvgIpc) is 2.78. The number of hydrazine groups is 1. The van der Waals surface area contributed by atoms with Crippen molar-refractivity contribution in [2.75, 3.05) is 6.61 Å². The minimum Gasteiger partial charge on any atom is -0.494 e. The van der Waals surface area contributed by atoms with Crippen LogP contribution in [0.15, 0.2) is 40.2 Å². The molecular formula is C13H15BrN2OS. The highest BCUT2D eigenvalue weighted by molar-refractivity contribution is 9.10. The lowest BCUT2D eigenvalue weighted by Gasteiger charge is -2.15. The molecule has 0 aliphatic rings. The molecule has 0 bridgehead atoms. The monoisotopic (exact) mass is 326 g/mol. The van der Waals surface area contributed by atoms with Crippen molar-refractivity contribution in [1.82, 2.24) is 5.43 Å². The van der Waals surface area contributed by atoms with Crippen LogP contribution in [-0.4, -0.2) is 6.61 Å². The Bertz CT molecular complexity index is 515. The number of halogens is 1. The summed E-state index contributed by atoms with van der Waals surface area (Å²) in [6, 6.07) is 10.0. The number of hydrogen-bond acceptors (Lipinski definition) is 4. The van der Waals surface area contributed by atoms with Crippen LogP contribution in [0.5, 0.6) is 5.75 Å². The van der Waals surface area contributed by atoms with Crippen molar-refractivity contribution in [1.29, 1.82) is 0 Å². The Hall–Kier alpha value is -0.880. The predicted octanol–water partition coefficient (Wildman–Crippen LogP) is 3.46. The van der Waals surface area contributed by atoms with E-state index in [2.05, 4.69) is 27.4 Å². The Kier molecular flexibility index (Phi) is 4.77. The highest BCUT2D eigenvalue weighted by atomic mass is 79.9. The maximum absolute atomic E-state index is 5.67. The topological polar surface area (TPSA) is 47.3 Å². The summed E-state index contributed by atoms with van der Waals surface area (Å²) in [5.74, 6) is 6.54. The Morgan fingerprint density at radius 1 is 1.44 bits per heavy atom. The molecule has 2 aromatic rings. The Balaban J connectivity index is 2.29.